The second-order valence-corrected chi connectivity index (χ2v) is 3.51. The van der Waals surface area contributed by atoms with E-state index in [1.807, 2.05) is 18.2 Å². The van der Waals surface area contributed by atoms with Crippen molar-refractivity contribution in [1.82, 2.24) is 10.2 Å². The molecular weight excluding hydrogens is 212 g/mol. The maximum absolute atomic E-state index is 8.82. The molecule has 0 bridgehead atoms. The van der Waals surface area contributed by atoms with E-state index in [2.05, 4.69) is 10.2 Å². The summed E-state index contributed by atoms with van der Waals surface area (Å²) in [6, 6.07) is 10.9. The van der Waals surface area contributed by atoms with E-state index < -0.39 is 0 Å². The van der Waals surface area contributed by atoms with Gasteiger partial charge >= 0.3 is 0 Å². The molecule has 0 radical (unpaired) electrons. The highest BCUT2D eigenvalue weighted by atomic mass is 35.5. The van der Waals surface area contributed by atoms with Crippen molar-refractivity contribution in [3.8, 4) is 11.3 Å². The zero-order valence-corrected chi connectivity index (χ0v) is 8.65. The quantitative estimate of drug-likeness (QED) is 0.845. The van der Waals surface area contributed by atoms with Crippen molar-refractivity contribution in [1.29, 1.82) is 0 Å². The van der Waals surface area contributed by atoms with Crippen LogP contribution in [0.1, 0.15) is 5.69 Å². The van der Waals surface area contributed by atoms with E-state index in [0.717, 1.165) is 11.3 Å². The first kappa shape index (κ1) is 10.1. The maximum atomic E-state index is 8.82. The molecule has 0 atom stereocenters. The summed E-state index contributed by atoms with van der Waals surface area (Å²) >= 11 is 5.78. The lowest BCUT2D eigenvalue weighted by Crippen LogP contribution is -1.93. The SMILES string of the molecule is OCc1ccc(-c2ccc(Cl)cc2)nn1. The number of aliphatic hydroxyl groups excluding tert-OH is 1. The van der Waals surface area contributed by atoms with Crippen LogP contribution in [0.3, 0.4) is 0 Å². The standard InChI is InChI=1S/C11H9ClN2O/c12-9-3-1-8(2-4-9)11-6-5-10(7-15)13-14-11/h1-6,15H,7H2. The number of halogens is 1. The lowest BCUT2D eigenvalue weighted by Gasteiger charge is -2.00. The summed E-state index contributed by atoms with van der Waals surface area (Å²) in [4.78, 5) is 0. The molecule has 0 fully saturated rings. The van der Waals surface area contributed by atoms with Gasteiger partial charge in [0.15, 0.2) is 0 Å². The van der Waals surface area contributed by atoms with Gasteiger partial charge in [0.2, 0.25) is 0 Å². The van der Waals surface area contributed by atoms with Crippen LogP contribution in [0.2, 0.25) is 5.02 Å². The van der Waals surface area contributed by atoms with Crippen LogP contribution in [0.15, 0.2) is 36.4 Å². The van der Waals surface area contributed by atoms with Crippen LogP contribution in [0, 0.1) is 0 Å². The fraction of sp³-hybridized carbons (Fsp3) is 0.0909. The smallest absolute Gasteiger partial charge is 0.0929 e. The van der Waals surface area contributed by atoms with Gasteiger partial charge in [-0.15, -0.1) is 0 Å². The summed E-state index contributed by atoms with van der Waals surface area (Å²) in [7, 11) is 0. The van der Waals surface area contributed by atoms with Crippen molar-refractivity contribution < 1.29 is 5.11 Å². The number of hydrogen-bond donors (Lipinski definition) is 1. The van der Waals surface area contributed by atoms with Crippen molar-refractivity contribution in [3.63, 3.8) is 0 Å². The molecule has 1 aromatic carbocycles. The first-order valence-electron chi connectivity index (χ1n) is 4.49. The molecule has 0 saturated carbocycles. The fourth-order valence-corrected chi connectivity index (χ4v) is 1.34. The number of benzene rings is 1. The molecule has 0 aliphatic carbocycles. The summed E-state index contributed by atoms with van der Waals surface area (Å²) in [5.41, 5.74) is 2.29. The highest BCUT2D eigenvalue weighted by molar-refractivity contribution is 6.30. The van der Waals surface area contributed by atoms with Gasteiger partial charge < -0.3 is 5.11 Å². The van der Waals surface area contributed by atoms with Gasteiger partial charge in [-0.3, -0.25) is 0 Å². The summed E-state index contributed by atoms with van der Waals surface area (Å²) in [6.07, 6.45) is 0. The molecule has 0 aliphatic rings. The summed E-state index contributed by atoms with van der Waals surface area (Å²) in [5.74, 6) is 0. The third-order valence-electron chi connectivity index (χ3n) is 2.02. The maximum Gasteiger partial charge on any atom is 0.0929 e. The molecule has 76 valence electrons. The van der Waals surface area contributed by atoms with Gasteiger partial charge in [0.05, 0.1) is 18.0 Å². The van der Waals surface area contributed by atoms with Gasteiger partial charge in [0.25, 0.3) is 0 Å². The number of nitrogens with zero attached hydrogens (tertiary/aromatic N) is 2. The molecule has 0 aliphatic heterocycles. The van der Waals surface area contributed by atoms with E-state index >= 15 is 0 Å². The molecule has 2 rings (SSSR count). The van der Waals surface area contributed by atoms with Crippen molar-refractivity contribution in [2.45, 2.75) is 6.61 Å². The zero-order chi connectivity index (χ0) is 10.7. The van der Waals surface area contributed by atoms with E-state index in [-0.39, 0.29) is 6.61 Å². The normalized spacial score (nSPS) is 10.3. The van der Waals surface area contributed by atoms with Crippen LogP contribution in [-0.4, -0.2) is 15.3 Å². The Morgan fingerprint density at radius 1 is 1.00 bits per heavy atom. The van der Waals surface area contributed by atoms with Gasteiger partial charge in [-0.1, -0.05) is 23.7 Å². The van der Waals surface area contributed by atoms with Crippen molar-refractivity contribution in [3.05, 3.63) is 47.1 Å². The molecule has 0 unspecified atom stereocenters. The second-order valence-electron chi connectivity index (χ2n) is 3.07. The minimum atomic E-state index is -0.0894. The van der Waals surface area contributed by atoms with E-state index in [4.69, 9.17) is 16.7 Å². The number of rotatable bonds is 2. The highest BCUT2D eigenvalue weighted by Gasteiger charge is 2.00. The van der Waals surface area contributed by atoms with Crippen LogP contribution in [0.25, 0.3) is 11.3 Å². The monoisotopic (exact) mass is 220 g/mol. The van der Waals surface area contributed by atoms with Gasteiger partial charge in [0, 0.05) is 10.6 Å². The Hall–Kier alpha value is -1.45. The topological polar surface area (TPSA) is 46.0 Å². The van der Waals surface area contributed by atoms with Gasteiger partial charge in [-0.05, 0) is 24.3 Å². The largest absolute Gasteiger partial charge is 0.390 e. The van der Waals surface area contributed by atoms with Crippen LogP contribution < -0.4 is 0 Å². The molecule has 1 N–H and O–H groups in total. The van der Waals surface area contributed by atoms with Crippen LogP contribution >= 0.6 is 11.6 Å². The Morgan fingerprint density at radius 2 is 1.73 bits per heavy atom. The van der Waals surface area contributed by atoms with Crippen LogP contribution in [0.5, 0.6) is 0 Å². The minimum absolute atomic E-state index is 0.0894. The third-order valence-corrected chi connectivity index (χ3v) is 2.27. The molecule has 1 aromatic heterocycles. The lowest BCUT2D eigenvalue weighted by atomic mass is 10.1. The summed E-state index contributed by atoms with van der Waals surface area (Å²) in [6.45, 7) is -0.0894. The average Bonchev–Trinajstić information content (AvgIpc) is 2.30. The first-order valence-corrected chi connectivity index (χ1v) is 4.87. The number of aliphatic hydroxyl groups is 1. The van der Waals surface area contributed by atoms with Gasteiger partial charge in [0.1, 0.15) is 0 Å². The van der Waals surface area contributed by atoms with E-state index in [1.165, 1.54) is 0 Å². The molecule has 3 nitrogen and oxygen atoms in total. The van der Waals surface area contributed by atoms with Crippen molar-refractivity contribution in [2.75, 3.05) is 0 Å². The Balaban J connectivity index is 2.33. The van der Waals surface area contributed by atoms with Crippen molar-refractivity contribution in [2.24, 2.45) is 0 Å². The molecule has 0 amide bonds. The van der Waals surface area contributed by atoms with Crippen LogP contribution in [-0.2, 0) is 6.61 Å². The van der Waals surface area contributed by atoms with E-state index in [0.29, 0.717) is 10.7 Å². The first-order chi connectivity index (χ1) is 7.29. The third kappa shape index (κ3) is 2.32. The Morgan fingerprint density at radius 3 is 2.27 bits per heavy atom. The molecule has 2 aromatic rings. The van der Waals surface area contributed by atoms with Crippen molar-refractivity contribution >= 4 is 11.6 Å². The fourth-order valence-electron chi connectivity index (χ4n) is 1.22. The van der Waals surface area contributed by atoms with Gasteiger partial charge in [-0.25, -0.2) is 0 Å². The predicted octanol–water partition coefficient (Wildman–Crippen LogP) is 2.29. The Labute approximate surface area is 92.4 Å². The molecule has 4 heteroatoms. The summed E-state index contributed by atoms with van der Waals surface area (Å²) in [5, 5.41) is 17.4. The highest BCUT2D eigenvalue weighted by Crippen LogP contribution is 2.18. The van der Waals surface area contributed by atoms with Gasteiger partial charge in [-0.2, -0.15) is 10.2 Å². The summed E-state index contributed by atoms with van der Waals surface area (Å²) < 4.78 is 0. The Bertz CT molecular complexity index is 439. The van der Waals surface area contributed by atoms with Crippen LogP contribution in [0.4, 0.5) is 0 Å². The number of hydrogen-bond acceptors (Lipinski definition) is 3. The average molecular weight is 221 g/mol. The number of aromatic nitrogens is 2. The Kier molecular flexibility index (Phi) is 2.94. The lowest BCUT2D eigenvalue weighted by molar-refractivity contribution is 0.275. The molecule has 0 spiro atoms. The molecule has 1 heterocycles. The minimum Gasteiger partial charge on any atom is -0.390 e. The van der Waals surface area contributed by atoms with E-state index in [9.17, 15) is 0 Å². The molecule has 0 saturated heterocycles. The second kappa shape index (κ2) is 4.38. The molecular formula is C11H9ClN2O. The van der Waals surface area contributed by atoms with E-state index in [1.54, 1.807) is 18.2 Å². The predicted molar refractivity (Wildman–Crippen MR) is 58.4 cm³/mol. The molecule has 15 heavy (non-hydrogen) atoms. The zero-order valence-electron chi connectivity index (χ0n) is 7.89.